The van der Waals surface area contributed by atoms with Gasteiger partial charge in [0.1, 0.15) is 23.7 Å². The van der Waals surface area contributed by atoms with Gasteiger partial charge >= 0.3 is 0 Å². The lowest BCUT2D eigenvalue weighted by molar-refractivity contribution is 0.415. The van der Waals surface area contributed by atoms with Gasteiger partial charge in [-0.3, -0.25) is 0 Å². The molecule has 0 bridgehead atoms. The number of methoxy groups -OCH3 is 1. The van der Waals surface area contributed by atoms with Gasteiger partial charge in [0.2, 0.25) is 5.89 Å². The number of oxazole rings is 1. The Hall–Kier alpha value is -2.59. The van der Waals surface area contributed by atoms with Crippen molar-refractivity contribution >= 4 is 0 Å². The fourth-order valence-corrected chi connectivity index (χ4v) is 2.15. The molecule has 1 heterocycles. The molecule has 2 aromatic carbocycles. The molecule has 21 heavy (non-hydrogen) atoms. The van der Waals surface area contributed by atoms with Gasteiger partial charge in [0.05, 0.1) is 7.11 Å². The molecule has 4 heteroatoms. The normalized spacial score (nSPS) is 12.1. The van der Waals surface area contributed by atoms with Gasteiger partial charge in [-0.25, -0.2) is 4.98 Å². The van der Waals surface area contributed by atoms with Gasteiger partial charge in [-0.1, -0.05) is 42.5 Å². The summed E-state index contributed by atoms with van der Waals surface area (Å²) in [6, 6.07) is 17.1. The van der Waals surface area contributed by atoms with E-state index in [2.05, 4.69) is 4.98 Å². The third kappa shape index (κ3) is 2.80. The van der Waals surface area contributed by atoms with E-state index >= 15 is 0 Å². The minimum absolute atomic E-state index is 0.370. The van der Waals surface area contributed by atoms with Gasteiger partial charge in [-0.2, -0.15) is 0 Å². The summed E-state index contributed by atoms with van der Waals surface area (Å²) in [6.07, 6.45) is 1.62. The van der Waals surface area contributed by atoms with Crippen molar-refractivity contribution in [2.75, 3.05) is 7.11 Å². The first-order valence-electron chi connectivity index (χ1n) is 6.68. The Morgan fingerprint density at radius 2 is 1.90 bits per heavy atom. The van der Waals surface area contributed by atoms with Gasteiger partial charge in [-0.05, 0) is 17.7 Å². The molecular weight excluding hydrogens is 264 g/mol. The second-order valence-electron chi connectivity index (χ2n) is 4.69. The lowest BCUT2D eigenvalue weighted by Gasteiger charge is -2.06. The van der Waals surface area contributed by atoms with E-state index in [1.54, 1.807) is 13.4 Å². The summed E-state index contributed by atoms with van der Waals surface area (Å²) < 4.78 is 10.7. The number of hydrogen-bond donors (Lipinski definition) is 1. The van der Waals surface area contributed by atoms with Crippen LogP contribution in [-0.4, -0.2) is 12.1 Å². The van der Waals surface area contributed by atoms with Crippen LogP contribution < -0.4 is 10.5 Å². The first-order valence-corrected chi connectivity index (χ1v) is 6.68. The average molecular weight is 280 g/mol. The molecule has 0 radical (unpaired) electrons. The molecular formula is C17H16N2O2. The van der Waals surface area contributed by atoms with Gasteiger partial charge < -0.3 is 14.9 Å². The average Bonchev–Trinajstić information content (AvgIpc) is 3.05. The zero-order valence-corrected chi connectivity index (χ0v) is 11.7. The largest absolute Gasteiger partial charge is 0.497 e. The predicted molar refractivity (Wildman–Crippen MR) is 81.0 cm³/mol. The molecule has 0 saturated carbocycles. The highest BCUT2D eigenvalue weighted by Gasteiger charge is 2.15. The Balaban J connectivity index is 1.89. The van der Waals surface area contributed by atoms with Crippen LogP contribution in [0.2, 0.25) is 0 Å². The summed E-state index contributed by atoms with van der Waals surface area (Å²) in [5, 5.41) is 0. The Morgan fingerprint density at radius 3 is 2.67 bits per heavy atom. The first kappa shape index (κ1) is 13.4. The molecule has 0 fully saturated rings. The highest BCUT2D eigenvalue weighted by Crippen LogP contribution is 2.26. The second kappa shape index (κ2) is 5.81. The van der Waals surface area contributed by atoms with Crippen LogP contribution in [0.25, 0.3) is 11.3 Å². The Labute approximate surface area is 123 Å². The molecule has 3 aromatic rings. The number of benzene rings is 2. The zero-order valence-electron chi connectivity index (χ0n) is 11.7. The van der Waals surface area contributed by atoms with E-state index in [0.717, 1.165) is 22.6 Å². The fourth-order valence-electron chi connectivity index (χ4n) is 2.15. The summed E-state index contributed by atoms with van der Waals surface area (Å²) in [5.41, 5.74) is 8.83. The molecule has 0 aliphatic rings. The third-order valence-electron chi connectivity index (χ3n) is 3.31. The molecule has 1 atom stereocenters. The van der Waals surface area contributed by atoms with Crippen molar-refractivity contribution in [2.45, 2.75) is 6.04 Å². The lowest BCUT2D eigenvalue weighted by Crippen LogP contribution is -2.11. The number of nitrogens with zero attached hydrogens (tertiary/aromatic N) is 1. The van der Waals surface area contributed by atoms with Crippen molar-refractivity contribution in [1.29, 1.82) is 0 Å². The number of nitrogens with two attached hydrogens (primary N) is 1. The molecule has 1 aromatic heterocycles. The van der Waals surface area contributed by atoms with E-state index in [9.17, 15) is 0 Å². The number of aromatic nitrogens is 1. The van der Waals surface area contributed by atoms with Crippen LogP contribution in [0.5, 0.6) is 5.75 Å². The number of hydrogen-bond acceptors (Lipinski definition) is 4. The van der Waals surface area contributed by atoms with E-state index in [0.29, 0.717) is 5.89 Å². The van der Waals surface area contributed by atoms with Crippen molar-refractivity contribution in [3.05, 3.63) is 72.3 Å². The van der Waals surface area contributed by atoms with Crippen LogP contribution >= 0.6 is 0 Å². The monoisotopic (exact) mass is 280 g/mol. The van der Waals surface area contributed by atoms with Crippen molar-refractivity contribution < 1.29 is 9.15 Å². The molecule has 2 N–H and O–H groups in total. The van der Waals surface area contributed by atoms with E-state index in [4.69, 9.17) is 14.9 Å². The SMILES string of the molecule is COc1cccc(-c2coc(C(N)c3ccccc3)n2)c1. The maximum absolute atomic E-state index is 6.18. The summed E-state index contributed by atoms with van der Waals surface area (Å²) in [4.78, 5) is 4.48. The smallest absolute Gasteiger partial charge is 0.216 e. The molecule has 0 aliphatic heterocycles. The lowest BCUT2D eigenvalue weighted by atomic mass is 10.1. The van der Waals surface area contributed by atoms with Gasteiger partial charge in [0.15, 0.2) is 0 Å². The first-order chi connectivity index (χ1) is 10.3. The number of rotatable bonds is 4. The van der Waals surface area contributed by atoms with Crippen LogP contribution in [0.3, 0.4) is 0 Å². The minimum Gasteiger partial charge on any atom is -0.497 e. The summed E-state index contributed by atoms with van der Waals surface area (Å²) >= 11 is 0. The highest BCUT2D eigenvalue weighted by molar-refractivity contribution is 5.60. The summed E-state index contributed by atoms with van der Waals surface area (Å²) in [5.74, 6) is 1.28. The van der Waals surface area contributed by atoms with Crippen LogP contribution in [0.1, 0.15) is 17.5 Å². The molecule has 3 rings (SSSR count). The quantitative estimate of drug-likeness (QED) is 0.795. The third-order valence-corrected chi connectivity index (χ3v) is 3.31. The standard InChI is InChI=1S/C17H16N2O2/c1-20-14-9-5-8-13(10-14)15-11-21-17(19-15)16(18)12-6-3-2-4-7-12/h2-11,16H,18H2,1H3. The predicted octanol–water partition coefficient (Wildman–Crippen LogP) is 3.40. The maximum Gasteiger partial charge on any atom is 0.216 e. The molecule has 0 amide bonds. The maximum atomic E-state index is 6.18. The summed E-state index contributed by atoms with van der Waals surface area (Å²) in [6.45, 7) is 0. The van der Waals surface area contributed by atoms with E-state index in [1.165, 1.54) is 0 Å². The molecule has 4 nitrogen and oxygen atoms in total. The van der Waals surface area contributed by atoms with E-state index < -0.39 is 0 Å². The molecule has 0 saturated heterocycles. The van der Waals surface area contributed by atoms with E-state index in [-0.39, 0.29) is 6.04 Å². The van der Waals surface area contributed by atoms with Gasteiger partial charge in [0.25, 0.3) is 0 Å². The molecule has 0 spiro atoms. The van der Waals surface area contributed by atoms with Crippen LogP contribution in [0.4, 0.5) is 0 Å². The van der Waals surface area contributed by atoms with Crippen LogP contribution in [-0.2, 0) is 0 Å². The molecule has 106 valence electrons. The van der Waals surface area contributed by atoms with Gasteiger partial charge in [-0.15, -0.1) is 0 Å². The molecule has 0 aliphatic carbocycles. The topological polar surface area (TPSA) is 61.3 Å². The van der Waals surface area contributed by atoms with Crippen molar-refractivity contribution in [1.82, 2.24) is 4.98 Å². The number of ether oxygens (including phenoxy) is 1. The Morgan fingerprint density at radius 1 is 1.10 bits per heavy atom. The second-order valence-corrected chi connectivity index (χ2v) is 4.69. The zero-order chi connectivity index (χ0) is 14.7. The highest BCUT2D eigenvalue weighted by atomic mass is 16.5. The van der Waals surface area contributed by atoms with Crippen molar-refractivity contribution in [3.8, 4) is 17.0 Å². The Bertz CT molecular complexity index is 722. The molecule has 1 unspecified atom stereocenters. The van der Waals surface area contributed by atoms with Crippen LogP contribution in [0.15, 0.2) is 65.3 Å². The van der Waals surface area contributed by atoms with Crippen LogP contribution in [0, 0.1) is 0 Å². The van der Waals surface area contributed by atoms with Crippen molar-refractivity contribution in [2.24, 2.45) is 5.73 Å². The fraction of sp³-hybridized carbons (Fsp3) is 0.118. The van der Waals surface area contributed by atoms with Gasteiger partial charge in [0, 0.05) is 5.56 Å². The minimum atomic E-state index is -0.370. The Kier molecular flexibility index (Phi) is 3.71. The summed E-state index contributed by atoms with van der Waals surface area (Å²) in [7, 11) is 1.64. The van der Waals surface area contributed by atoms with E-state index in [1.807, 2.05) is 54.6 Å². The van der Waals surface area contributed by atoms with Crippen molar-refractivity contribution in [3.63, 3.8) is 0 Å².